The smallest absolute Gasteiger partial charge is 0.332 e. The molecule has 1 aromatic rings. The van der Waals surface area contributed by atoms with Gasteiger partial charge < -0.3 is 23.8 Å². The van der Waals surface area contributed by atoms with Crippen molar-refractivity contribution in [1.82, 2.24) is 0 Å². The Labute approximate surface area is 174 Å². The Morgan fingerprint density at radius 2 is 1.48 bits per heavy atom. The van der Waals surface area contributed by atoms with Gasteiger partial charge in [0.2, 0.25) is 0 Å². The zero-order valence-electron chi connectivity index (χ0n) is 18.5. The second-order valence-corrected chi connectivity index (χ2v) is 11.5. The van der Waals surface area contributed by atoms with Crippen LogP contribution in [0.2, 0.25) is 0 Å². The molecule has 2 N–H and O–H groups in total. The van der Waals surface area contributed by atoms with Crippen LogP contribution in [-0.2, 0) is 41.0 Å². The van der Waals surface area contributed by atoms with E-state index in [-0.39, 0.29) is 17.3 Å². The Kier molecular flexibility index (Phi) is 5.81. The summed E-state index contributed by atoms with van der Waals surface area (Å²) in [5, 5.41) is 20.9. The van der Waals surface area contributed by atoms with Gasteiger partial charge in [-0.25, -0.2) is 0 Å². The van der Waals surface area contributed by atoms with E-state index in [0.29, 0.717) is 32.0 Å². The van der Waals surface area contributed by atoms with Crippen LogP contribution in [0.15, 0.2) is 0 Å². The molecule has 0 atom stereocenters. The topological polar surface area (TPSA) is 85.2 Å². The molecule has 2 bridgehead atoms. The number of hydrogen-bond donors (Lipinski definition) is 2. The van der Waals surface area contributed by atoms with E-state index in [1.165, 1.54) is 0 Å². The summed E-state index contributed by atoms with van der Waals surface area (Å²) in [6, 6.07) is 0. The third kappa shape index (κ3) is 4.05. The molecule has 0 amide bonds. The largest absolute Gasteiger partial charge is 0.507 e. The van der Waals surface area contributed by atoms with Crippen LogP contribution in [0, 0.1) is 6.92 Å². The highest BCUT2D eigenvalue weighted by Crippen LogP contribution is 2.57. The molecule has 0 radical (unpaired) electrons. The van der Waals surface area contributed by atoms with Gasteiger partial charge in [-0.15, -0.1) is 0 Å². The fourth-order valence-electron chi connectivity index (χ4n) is 4.67. The number of carboxylic acids is 1. The molecule has 162 valence electrons. The average Bonchev–Trinajstić information content (AvgIpc) is 2.59. The predicted octanol–water partition coefficient (Wildman–Crippen LogP) is 4.85. The fraction of sp³-hybridized carbons (Fsp3) is 0.682. The van der Waals surface area contributed by atoms with Gasteiger partial charge in [-0.05, 0) is 40.9 Å². The van der Waals surface area contributed by atoms with Crippen LogP contribution in [0.4, 0.5) is 0 Å². The highest BCUT2D eigenvalue weighted by atomic mass is 31.2. The molecule has 29 heavy (non-hydrogen) atoms. The number of hydrogen-bond acceptors (Lipinski definition) is 5. The Bertz CT molecular complexity index is 797. The number of rotatable bonds is 4. The summed E-state index contributed by atoms with van der Waals surface area (Å²) in [6.45, 7) is 15.8. The monoisotopic (exact) mass is 424 g/mol. The minimum atomic E-state index is -1.29. The Morgan fingerprint density at radius 1 is 1.00 bits per heavy atom. The molecule has 7 heteroatoms. The van der Waals surface area contributed by atoms with Crippen molar-refractivity contribution < 1.29 is 28.6 Å². The first-order valence-corrected chi connectivity index (χ1v) is 11.2. The number of carbonyl (C=O) groups is 1. The molecular weight excluding hydrogens is 391 g/mol. The van der Waals surface area contributed by atoms with E-state index in [1.807, 2.05) is 6.92 Å². The number of phenols is 1. The van der Waals surface area contributed by atoms with E-state index in [0.717, 1.165) is 27.8 Å². The van der Waals surface area contributed by atoms with Gasteiger partial charge in [0.05, 0.1) is 25.2 Å². The van der Waals surface area contributed by atoms with Crippen molar-refractivity contribution in [2.24, 2.45) is 0 Å². The highest BCUT2D eigenvalue weighted by molar-refractivity contribution is 7.41. The summed E-state index contributed by atoms with van der Waals surface area (Å²) in [7, 11) is -1.29. The molecule has 0 unspecified atom stereocenters. The van der Waals surface area contributed by atoms with E-state index in [9.17, 15) is 15.0 Å². The standard InChI is InChI=1S/C22H33O6P/c1-13-14(8-9-15(23)24)17(22-10-26-29(27-11-22)28-12-22)18(21(5,6)7)19(25)16(13)20(2,3)4/h25H,8-12H2,1-7H3,(H,23,24). The first kappa shape index (κ1) is 22.5. The van der Waals surface area contributed by atoms with Crippen molar-refractivity contribution >= 4 is 14.6 Å². The maximum absolute atomic E-state index is 11.5. The second-order valence-electron chi connectivity index (χ2n) is 10.3. The predicted molar refractivity (Wildman–Crippen MR) is 113 cm³/mol. The highest BCUT2D eigenvalue weighted by Gasteiger charge is 2.50. The summed E-state index contributed by atoms with van der Waals surface area (Å²) in [6.07, 6.45) is 0.413. The zero-order chi connectivity index (χ0) is 21.8. The van der Waals surface area contributed by atoms with Crippen molar-refractivity contribution in [2.45, 2.75) is 77.6 Å². The number of aromatic hydroxyl groups is 1. The van der Waals surface area contributed by atoms with Crippen LogP contribution in [0.3, 0.4) is 0 Å². The molecule has 0 saturated carbocycles. The molecule has 4 rings (SSSR count). The van der Waals surface area contributed by atoms with Gasteiger partial charge in [0.1, 0.15) is 5.75 Å². The molecule has 0 spiro atoms. The SMILES string of the molecule is Cc1c(CCC(=O)O)c(C23COP(OC2)OC3)c(C(C)(C)C)c(O)c1C(C)(C)C. The van der Waals surface area contributed by atoms with Gasteiger partial charge in [-0.1, -0.05) is 41.5 Å². The van der Waals surface area contributed by atoms with Crippen molar-refractivity contribution in [2.75, 3.05) is 19.8 Å². The van der Waals surface area contributed by atoms with Crippen LogP contribution < -0.4 is 0 Å². The summed E-state index contributed by atoms with van der Waals surface area (Å²) in [5.41, 5.74) is 3.39. The molecule has 0 aliphatic carbocycles. The number of aliphatic carboxylic acids is 1. The van der Waals surface area contributed by atoms with Crippen molar-refractivity contribution in [3.05, 3.63) is 27.8 Å². The number of carboxylic acid groups (broad SMARTS) is 1. The van der Waals surface area contributed by atoms with Gasteiger partial charge in [0, 0.05) is 17.5 Å². The molecular formula is C22H33O6P. The molecule has 1 aromatic carbocycles. The molecule has 3 aliphatic rings. The first-order chi connectivity index (χ1) is 13.3. The maximum Gasteiger partial charge on any atom is 0.332 e. The minimum Gasteiger partial charge on any atom is -0.507 e. The molecule has 3 saturated heterocycles. The quantitative estimate of drug-likeness (QED) is 0.672. The third-order valence-electron chi connectivity index (χ3n) is 5.81. The van der Waals surface area contributed by atoms with Gasteiger partial charge in [-0.2, -0.15) is 0 Å². The summed E-state index contributed by atoms with van der Waals surface area (Å²) in [4.78, 5) is 11.4. The lowest BCUT2D eigenvalue weighted by Crippen LogP contribution is -2.49. The van der Waals surface area contributed by atoms with Gasteiger partial charge >= 0.3 is 14.6 Å². The third-order valence-corrected chi connectivity index (χ3v) is 6.83. The average molecular weight is 424 g/mol. The molecule has 6 nitrogen and oxygen atoms in total. The Morgan fingerprint density at radius 3 is 1.90 bits per heavy atom. The van der Waals surface area contributed by atoms with Crippen LogP contribution in [0.5, 0.6) is 5.75 Å². The van der Waals surface area contributed by atoms with Crippen LogP contribution in [0.1, 0.15) is 75.8 Å². The lowest BCUT2D eigenvalue weighted by molar-refractivity contribution is -0.136. The second kappa shape index (κ2) is 7.49. The van der Waals surface area contributed by atoms with Crippen molar-refractivity contribution in [3.63, 3.8) is 0 Å². The summed E-state index contributed by atoms with van der Waals surface area (Å²) < 4.78 is 17.3. The van der Waals surface area contributed by atoms with E-state index in [4.69, 9.17) is 13.6 Å². The van der Waals surface area contributed by atoms with Crippen LogP contribution in [-0.4, -0.2) is 36.0 Å². The van der Waals surface area contributed by atoms with E-state index < -0.39 is 20.0 Å². The van der Waals surface area contributed by atoms with E-state index >= 15 is 0 Å². The lowest BCUT2D eigenvalue weighted by atomic mass is 9.66. The molecule has 3 heterocycles. The molecule has 3 fully saturated rings. The van der Waals surface area contributed by atoms with E-state index in [2.05, 4.69) is 41.5 Å². The first-order valence-electron chi connectivity index (χ1n) is 10.1. The van der Waals surface area contributed by atoms with Crippen LogP contribution >= 0.6 is 8.60 Å². The van der Waals surface area contributed by atoms with Gasteiger partial charge in [0.25, 0.3) is 0 Å². The lowest BCUT2D eigenvalue weighted by Gasteiger charge is -2.48. The van der Waals surface area contributed by atoms with Crippen molar-refractivity contribution in [1.29, 1.82) is 0 Å². The Hall–Kier alpha value is -1.20. The fourth-order valence-corrected chi connectivity index (χ4v) is 5.95. The summed E-state index contributed by atoms with van der Waals surface area (Å²) >= 11 is 0. The maximum atomic E-state index is 11.5. The number of fused-ring (bicyclic) bond motifs is 3. The zero-order valence-corrected chi connectivity index (χ0v) is 19.4. The number of phenolic OH excluding ortho intramolecular Hbond substituents is 1. The van der Waals surface area contributed by atoms with Gasteiger partial charge in [0.15, 0.2) is 0 Å². The van der Waals surface area contributed by atoms with Crippen LogP contribution in [0.25, 0.3) is 0 Å². The molecule has 3 aliphatic heterocycles. The summed E-state index contributed by atoms with van der Waals surface area (Å²) in [5.74, 6) is -0.542. The van der Waals surface area contributed by atoms with Crippen molar-refractivity contribution in [3.8, 4) is 5.75 Å². The van der Waals surface area contributed by atoms with Gasteiger partial charge in [-0.3, -0.25) is 4.79 Å². The molecule has 0 aromatic heterocycles. The Balaban J connectivity index is 2.38. The number of benzene rings is 1. The normalized spacial score (nSPS) is 24.7. The van der Waals surface area contributed by atoms with E-state index in [1.54, 1.807) is 0 Å². The minimum absolute atomic E-state index is 0.0249.